The summed E-state index contributed by atoms with van der Waals surface area (Å²) in [6.45, 7) is 5.41. The number of nitrogens with zero attached hydrogens (tertiary/aromatic N) is 1. The third-order valence-corrected chi connectivity index (χ3v) is 4.12. The molecule has 2 aromatic rings. The molecule has 1 N–H and O–H groups in total. The van der Waals surface area contributed by atoms with E-state index in [0.717, 1.165) is 0 Å². The zero-order valence-electron chi connectivity index (χ0n) is 13.9. The first-order valence-electron chi connectivity index (χ1n) is 7.46. The van der Waals surface area contributed by atoms with Crippen molar-refractivity contribution in [2.75, 3.05) is 0 Å². The van der Waals surface area contributed by atoms with E-state index in [-0.39, 0.29) is 16.5 Å². The van der Waals surface area contributed by atoms with E-state index in [0.29, 0.717) is 15.6 Å². The minimum atomic E-state index is -0.673. The van der Waals surface area contributed by atoms with Crippen LogP contribution in [0.2, 0.25) is 15.1 Å². The van der Waals surface area contributed by atoms with Crippen LogP contribution in [-0.4, -0.2) is 22.4 Å². The fourth-order valence-corrected chi connectivity index (χ4v) is 2.79. The van der Waals surface area contributed by atoms with Gasteiger partial charge in [0, 0.05) is 15.6 Å². The van der Waals surface area contributed by atoms with Crippen LogP contribution in [0.25, 0.3) is 0 Å². The van der Waals surface area contributed by atoms with Crippen LogP contribution < -0.4 is 5.43 Å². The Morgan fingerprint density at radius 2 is 1.60 bits per heavy atom. The quantitative estimate of drug-likeness (QED) is 0.703. The van der Waals surface area contributed by atoms with Crippen molar-refractivity contribution in [3.8, 4) is 0 Å². The number of benzene rings is 2. The molecule has 4 nitrogen and oxygen atoms in total. The molecule has 132 valence electrons. The molecule has 0 saturated carbocycles. The van der Waals surface area contributed by atoms with Gasteiger partial charge >= 0.3 is 0 Å². The van der Waals surface area contributed by atoms with Crippen molar-refractivity contribution in [2.45, 2.75) is 26.3 Å². The van der Waals surface area contributed by atoms with Crippen LogP contribution in [0.4, 0.5) is 0 Å². The van der Waals surface area contributed by atoms with Crippen molar-refractivity contribution < 1.29 is 9.59 Å². The van der Waals surface area contributed by atoms with Gasteiger partial charge in [-0.2, -0.15) is 0 Å². The Labute approximate surface area is 161 Å². The van der Waals surface area contributed by atoms with Crippen molar-refractivity contribution in [3.05, 3.63) is 68.7 Å². The SMILES string of the molecule is CC(C)(C)N(NC(=O)c1ccc(Cl)cc1Cl)C(=O)c1cccc(Cl)c1. The van der Waals surface area contributed by atoms with Crippen molar-refractivity contribution >= 4 is 46.6 Å². The number of carbonyl (C=O) groups is 2. The molecule has 0 unspecified atom stereocenters. The Bertz CT molecular complexity index is 816. The Morgan fingerprint density at radius 1 is 0.960 bits per heavy atom. The molecule has 0 aliphatic rings. The van der Waals surface area contributed by atoms with Crippen LogP contribution in [-0.2, 0) is 0 Å². The van der Waals surface area contributed by atoms with E-state index in [2.05, 4.69) is 5.43 Å². The van der Waals surface area contributed by atoms with Gasteiger partial charge in [0.2, 0.25) is 0 Å². The number of amides is 2. The second kappa shape index (κ2) is 7.65. The van der Waals surface area contributed by atoms with Gasteiger partial charge in [-0.15, -0.1) is 0 Å². The molecular weight excluding hydrogens is 383 g/mol. The summed E-state index contributed by atoms with van der Waals surface area (Å²) in [7, 11) is 0. The molecule has 0 heterocycles. The minimum absolute atomic E-state index is 0.203. The van der Waals surface area contributed by atoms with Gasteiger partial charge < -0.3 is 0 Å². The maximum Gasteiger partial charge on any atom is 0.272 e. The smallest absolute Gasteiger partial charge is 0.267 e. The summed E-state index contributed by atoms with van der Waals surface area (Å²) in [6, 6.07) is 11.1. The van der Waals surface area contributed by atoms with Gasteiger partial charge in [-0.3, -0.25) is 15.0 Å². The highest BCUT2D eigenvalue weighted by Gasteiger charge is 2.30. The van der Waals surface area contributed by atoms with Crippen molar-refractivity contribution in [3.63, 3.8) is 0 Å². The van der Waals surface area contributed by atoms with Crippen molar-refractivity contribution in [1.29, 1.82) is 0 Å². The number of hydrazine groups is 1. The van der Waals surface area contributed by atoms with Gasteiger partial charge in [0.15, 0.2) is 0 Å². The number of hydrogen-bond acceptors (Lipinski definition) is 2. The Balaban J connectivity index is 2.32. The summed E-state index contributed by atoms with van der Waals surface area (Å²) in [5.41, 5.74) is 2.54. The lowest BCUT2D eigenvalue weighted by molar-refractivity contribution is 0.0358. The summed E-state index contributed by atoms with van der Waals surface area (Å²) < 4.78 is 0. The highest BCUT2D eigenvalue weighted by Crippen LogP contribution is 2.22. The van der Waals surface area contributed by atoms with E-state index in [4.69, 9.17) is 34.8 Å². The van der Waals surface area contributed by atoms with Gasteiger partial charge in [0.1, 0.15) is 0 Å². The van der Waals surface area contributed by atoms with E-state index in [1.807, 2.05) is 0 Å². The van der Waals surface area contributed by atoms with Gasteiger partial charge in [-0.1, -0.05) is 40.9 Å². The summed E-state index contributed by atoms with van der Waals surface area (Å²) in [6.07, 6.45) is 0. The van der Waals surface area contributed by atoms with E-state index < -0.39 is 11.4 Å². The van der Waals surface area contributed by atoms with E-state index in [1.54, 1.807) is 51.1 Å². The molecule has 0 saturated heterocycles. The molecule has 0 aliphatic carbocycles. The highest BCUT2D eigenvalue weighted by molar-refractivity contribution is 6.36. The molecular formula is C18H17Cl3N2O2. The standard InChI is InChI=1S/C18H17Cl3N2O2/c1-18(2,3)23(17(25)11-5-4-6-12(19)9-11)22-16(24)14-8-7-13(20)10-15(14)21/h4-10H,1-3H3,(H,22,24). The molecule has 2 aromatic carbocycles. The Kier molecular flexibility index (Phi) is 5.99. The van der Waals surface area contributed by atoms with Crippen molar-refractivity contribution in [1.82, 2.24) is 10.4 Å². The molecule has 25 heavy (non-hydrogen) atoms. The average molecular weight is 400 g/mol. The fraction of sp³-hybridized carbons (Fsp3) is 0.222. The summed E-state index contributed by atoms with van der Waals surface area (Å²) in [4.78, 5) is 25.4. The zero-order chi connectivity index (χ0) is 18.8. The molecule has 2 amide bonds. The van der Waals surface area contributed by atoms with Crippen LogP contribution in [0.1, 0.15) is 41.5 Å². The average Bonchev–Trinajstić information content (AvgIpc) is 2.50. The van der Waals surface area contributed by atoms with Gasteiger partial charge in [-0.25, -0.2) is 5.01 Å². The lowest BCUT2D eigenvalue weighted by Gasteiger charge is -2.35. The third kappa shape index (κ3) is 4.88. The van der Waals surface area contributed by atoms with Crippen LogP contribution >= 0.6 is 34.8 Å². The van der Waals surface area contributed by atoms with Crippen LogP contribution in [0.15, 0.2) is 42.5 Å². The summed E-state index contributed by atoms with van der Waals surface area (Å²) in [5, 5.41) is 2.32. The predicted molar refractivity (Wildman–Crippen MR) is 101 cm³/mol. The van der Waals surface area contributed by atoms with Gasteiger partial charge in [0.25, 0.3) is 11.8 Å². The third-order valence-electron chi connectivity index (χ3n) is 3.33. The molecule has 0 aromatic heterocycles. The van der Waals surface area contributed by atoms with Gasteiger partial charge in [0.05, 0.1) is 16.1 Å². The molecule has 0 spiro atoms. The molecule has 0 bridgehead atoms. The topological polar surface area (TPSA) is 49.4 Å². The normalized spacial score (nSPS) is 11.1. The number of carbonyl (C=O) groups excluding carboxylic acids is 2. The minimum Gasteiger partial charge on any atom is -0.267 e. The molecule has 0 atom stereocenters. The lowest BCUT2D eigenvalue weighted by atomic mass is 10.1. The maximum atomic E-state index is 12.8. The monoisotopic (exact) mass is 398 g/mol. The molecule has 0 aliphatic heterocycles. The molecule has 0 fully saturated rings. The largest absolute Gasteiger partial charge is 0.272 e. The first kappa shape index (κ1) is 19.6. The number of hydrogen-bond donors (Lipinski definition) is 1. The van der Waals surface area contributed by atoms with Gasteiger partial charge in [-0.05, 0) is 57.2 Å². The van der Waals surface area contributed by atoms with E-state index in [1.165, 1.54) is 17.1 Å². The first-order chi connectivity index (χ1) is 11.6. The highest BCUT2D eigenvalue weighted by atomic mass is 35.5. The number of halogens is 3. The van der Waals surface area contributed by atoms with E-state index in [9.17, 15) is 9.59 Å². The Hall–Kier alpha value is -1.75. The number of rotatable bonds is 2. The molecule has 0 radical (unpaired) electrons. The summed E-state index contributed by atoms with van der Waals surface area (Å²) in [5.74, 6) is -0.889. The van der Waals surface area contributed by atoms with Crippen LogP contribution in [0, 0.1) is 0 Å². The second-order valence-corrected chi connectivity index (χ2v) is 7.67. The van der Waals surface area contributed by atoms with Crippen molar-refractivity contribution in [2.24, 2.45) is 0 Å². The lowest BCUT2D eigenvalue weighted by Crippen LogP contribution is -2.55. The maximum absolute atomic E-state index is 12.8. The molecule has 7 heteroatoms. The fourth-order valence-electron chi connectivity index (χ4n) is 2.11. The number of nitrogens with one attached hydrogen (secondary N) is 1. The molecule has 2 rings (SSSR count). The van der Waals surface area contributed by atoms with E-state index >= 15 is 0 Å². The zero-order valence-corrected chi connectivity index (χ0v) is 16.2. The summed E-state index contributed by atoms with van der Waals surface area (Å²) >= 11 is 17.9. The first-order valence-corrected chi connectivity index (χ1v) is 8.59. The Morgan fingerprint density at radius 3 is 2.16 bits per heavy atom. The van der Waals surface area contributed by atoms with Crippen LogP contribution in [0.5, 0.6) is 0 Å². The van der Waals surface area contributed by atoms with Crippen LogP contribution in [0.3, 0.4) is 0 Å². The second-order valence-electron chi connectivity index (χ2n) is 6.39. The predicted octanol–water partition coefficient (Wildman–Crippen LogP) is 5.23.